The molecule has 0 radical (unpaired) electrons. The van der Waals surface area contributed by atoms with Crippen LogP contribution in [0.25, 0.3) is 0 Å². The van der Waals surface area contributed by atoms with Crippen LogP contribution >= 0.6 is 0 Å². The molecule has 5 heteroatoms. The maximum atomic E-state index is 10.0. The van der Waals surface area contributed by atoms with Crippen molar-refractivity contribution in [3.05, 3.63) is 12.2 Å². The van der Waals surface area contributed by atoms with Gasteiger partial charge in [0, 0.05) is 6.61 Å². The predicted octanol–water partition coefficient (Wildman–Crippen LogP) is 4.13. The van der Waals surface area contributed by atoms with Crippen LogP contribution in [0, 0.1) is 0 Å². The summed E-state index contributed by atoms with van der Waals surface area (Å²) in [5, 5.41) is 29.1. The average molecular weight is 401 g/mol. The second-order valence-electron chi connectivity index (χ2n) is 8.03. The van der Waals surface area contributed by atoms with Gasteiger partial charge < -0.3 is 24.8 Å². The van der Waals surface area contributed by atoms with Gasteiger partial charge in [-0.05, 0) is 32.1 Å². The summed E-state index contributed by atoms with van der Waals surface area (Å²) < 4.78 is 10.8. The fourth-order valence-electron chi connectivity index (χ4n) is 3.62. The summed E-state index contributed by atoms with van der Waals surface area (Å²) in [5.74, 6) is 0. The van der Waals surface area contributed by atoms with Gasteiger partial charge in [0.1, 0.15) is 24.4 Å². The van der Waals surface area contributed by atoms with E-state index < -0.39 is 24.4 Å². The number of aliphatic hydroxyl groups excluding tert-OH is 3. The number of allylic oxidation sites excluding steroid dienone is 2. The van der Waals surface area contributed by atoms with E-state index in [0.29, 0.717) is 6.61 Å². The molecule has 0 aromatic carbocycles. The second-order valence-corrected chi connectivity index (χ2v) is 8.03. The van der Waals surface area contributed by atoms with Gasteiger partial charge in [-0.3, -0.25) is 0 Å². The first-order valence-corrected chi connectivity index (χ1v) is 11.6. The Balaban J connectivity index is 1.88. The molecule has 1 aliphatic heterocycles. The Hall–Kier alpha value is -0.460. The summed E-state index contributed by atoms with van der Waals surface area (Å²) in [4.78, 5) is 0. The minimum atomic E-state index is -0.973. The number of hydrogen-bond donors (Lipinski definition) is 3. The summed E-state index contributed by atoms with van der Waals surface area (Å²) in [6, 6.07) is 0. The SMILES string of the molecule is CCCCCC/C=C/CCCCCCCCCO[C@@H]1[C@@H](O)[C@H](CO)OC[C@H]1O. The van der Waals surface area contributed by atoms with Crippen molar-refractivity contribution in [3.8, 4) is 0 Å². The molecule has 0 amide bonds. The van der Waals surface area contributed by atoms with Gasteiger partial charge in [0.2, 0.25) is 0 Å². The monoisotopic (exact) mass is 400 g/mol. The zero-order valence-electron chi connectivity index (χ0n) is 17.9. The molecule has 1 saturated heterocycles. The van der Waals surface area contributed by atoms with Crippen molar-refractivity contribution in [1.82, 2.24) is 0 Å². The molecule has 1 rings (SSSR count). The van der Waals surface area contributed by atoms with E-state index in [1.54, 1.807) is 0 Å². The van der Waals surface area contributed by atoms with Crippen molar-refractivity contribution in [3.63, 3.8) is 0 Å². The van der Waals surface area contributed by atoms with E-state index in [9.17, 15) is 10.2 Å². The lowest BCUT2D eigenvalue weighted by Gasteiger charge is -2.37. The third-order valence-electron chi connectivity index (χ3n) is 5.47. The summed E-state index contributed by atoms with van der Waals surface area (Å²) >= 11 is 0. The Morgan fingerprint density at radius 1 is 0.857 bits per heavy atom. The Labute approximate surface area is 172 Å². The normalized spacial score (nSPS) is 25.6. The fourth-order valence-corrected chi connectivity index (χ4v) is 3.62. The highest BCUT2D eigenvalue weighted by Crippen LogP contribution is 2.19. The lowest BCUT2D eigenvalue weighted by molar-refractivity contribution is -0.210. The van der Waals surface area contributed by atoms with E-state index in [1.807, 2.05) is 0 Å². The van der Waals surface area contributed by atoms with Gasteiger partial charge in [0.15, 0.2) is 0 Å². The van der Waals surface area contributed by atoms with E-state index in [4.69, 9.17) is 14.6 Å². The predicted molar refractivity (Wildman–Crippen MR) is 113 cm³/mol. The first-order valence-electron chi connectivity index (χ1n) is 11.6. The zero-order chi connectivity index (χ0) is 20.5. The van der Waals surface area contributed by atoms with E-state index in [-0.39, 0.29) is 13.2 Å². The minimum Gasteiger partial charge on any atom is -0.394 e. The van der Waals surface area contributed by atoms with E-state index in [1.165, 1.54) is 70.6 Å². The third kappa shape index (κ3) is 11.5. The lowest BCUT2D eigenvalue weighted by atomic mass is 10.0. The number of hydrogen-bond acceptors (Lipinski definition) is 5. The smallest absolute Gasteiger partial charge is 0.114 e. The highest BCUT2D eigenvalue weighted by Gasteiger charge is 2.38. The molecule has 0 bridgehead atoms. The quantitative estimate of drug-likeness (QED) is 0.253. The molecule has 28 heavy (non-hydrogen) atoms. The lowest BCUT2D eigenvalue weighted by Crippen LogP contribution is -2.55. The van der Waals surface area contributed by atoms with Crippen molar-refractivity contribution in [1.29, 1.82) is 0 Å². The number of rotatable bonds is 17. The van der Waals surface area contributed by atoms with Crippen molar-refractivity contribution in [2.75, 3.05) is 19.8 Å². The van der Waals surface area contributed by atoms with Crippen LogP contribution in [0.4, 0.5) is 0 Å². The summed E-state index contributed by atoms with van der Waals surface area (Å²) in [6.07, 6.45) is 17.8. The topological polar surface area (TPSA) is 79.2 Å². The molecule has 166 valence electrons. The molecule has 5 nitrogen and oxygen atoms in total. The molecule has 0 aromatic heterocycles. The molecular weight excluding hydrogens is 356 g/mol. The van der Waals surface area contributed by atoms with Crippen molar-refractivity contribution < 1.29 is 24.8 Å². The summed E-state index contributed by atoms with van der Waals surface area (Å²) in [5.41, 5.74) is 0. The van der Waals surface area contributed by atoms with E-state index in [0.717, 1.165) is 12.8 Å². The molecule has 0 saturated carbocycles. The van der Waals surface area contributed by atoms with Crippen LogP contribution in [0.3, 0.4) is 0 Å². The van der Waals surface area contributed by atoms with Crippen LogP contribution in [0.1, 0.15) is 90.4 Å². The summed E-state index contributed by atoms with van der Waals surface area (Å²) in [7, 11) is 0. The molecule has 4 atom stereocenters. The van der Waals surface area contributed by atoms with Crippen molar-refractivity contribution >= 4 is 0 Å². The molecule has 0 spiro atoms. The minimum absolute atomic E-state index is 0.0982. The second kappa shape index (κ2) is 17.4. The van der Waals surface area contributed by atoms with Gasteiger partial charge >= 0.3 is 0 Å². The molecule has 0 aliphatic carbocycles. The van der Waals surface area contributed by atoms with Crippen molar-refractivity contribution in [2.24, 2.45) is 0 Å². The molecule has 1 fully saturated rings. The third-order valence-corrected chi connectivity index (χ3v) is 5.47. The maximum absolute atomic E-state index is 10.0. The van der Waals surface area contributed by atoms with Crippen LogP contribution in [-0.2, 0) is 9.47 Å². The standard InChI is InChI=1S/C23H44O5/c1-2-3-4-5-6-7-8-9-10-11-12-13-14-15-16-17-27-23-20(25)19-28-21(18-24)22(23)26/h7-8,20-26H,2-6,9-19H2,1H3/b8-7+/t20-,21+,22+,23+/m1/s1. The summed E-state index contributed by atoms with van der Waals surface area (Å²) in [6.45, 7) is 2.62. The number of ether oxygens (including phenoxy) is 2. The Kier molecular flexibility index (Phi) is 15.9. The van der Waals surface area contributed by atoms with Gasteiger partial charge in [0.25, 0.3) is 0 Å². The van der Waals surface area contributed by atoms with Gasteiger partial charge in [-0.2, -0.15) is 0 Å². The molecule has 3 N–H and O–H groups in total. The van der Waals surface area contributed by atoms with Crippen molar-refractivity contribution in [2.45, 2.75) is 115 Å². The fraction of sp³-hybridized carbons (Fsp3) is 0.913. The highest BCUT2D eigenvalue weighted by molar-refractivity contribution is 4.87. The molecule has 0 aromatic rings. The first kappa shape index (κ1) is 25.6. The Bertz CT molecular complexity index is 374. The number of aliphatic hydroxyl groups is 3. The van der Waals surface area contributed by atoms with Gasteiger partial charge in [-0.25, -0.2) is 0 Å². The van der Waals surface area contributed by atoms with Crippen LogP contribution in [0.2, 0.25) is 0 Å². The van der Waals surface area contributed by atoms with E-state index >= 15 is 0 Å². The van der Waals surface area contributed by atoms with Gasteiger partial charge in [0.05, 0.1) is 13.2 Å². The Morgan fingerprint density at radius 3 is 2.04 bits per heavy atom. The molecule has 1 heterocycles. The van der Waals surface area contributed by atoms with Crippen LogP contribution in [-0.4, -0.2) is 59.6 Å². The molecule has 0 unspecified atom stereocenters. The van der Waals surface area contributed by atoms with Crippen LogP contribution in [0.15, 0.2) is 12.2 Å². The highest BCUT2D eigenvalue weighted by atomic mass is 16.6. The average Bonchev–Trinajstić information content (AvgIpc) is 2.70. The molecule has 1 aliphatic rings. The van der Waals surface area contributed by atoms with Gasteiger partial charge in [-0.15, -0.1) is 0 Å². The van der Waals surface area contributed by atoms with E-state index in [2.05, 4.69) is 19.1 Å². The van der Waals surface area contributed by atoms with Crippen LogP contribution < -0.4 is 0 Å². The van der Waals surface area contributed by atoms with Gasteiger partial charge in [-0.1, -0.05) is 70.4 Å². The maximum Gasteiger partial charge on any atom is 0.114 e. The number of unbranched alkanes of at least 4 members (excludes halogenated alkanes) is 11. The first-order chi connectivity index (χ1) is 13.7. The van der Waals surface area contributed by atoms with Crippen LogP contribution in [0.5, 0.6) is 0 Å². The molecular formula is C23H44O5. The Morgan fingerprint density at radius 2 is 1.43 bits per heavy atom. The zero-order valence-corrected chi connectivity index (χ0v) is 17.9. The largest absolute Gasteiger partial charge is 0.394 e.